The number of azide groups is 1. The molecular formula is C36H30Cl2F2N6O4. The zero-order chi connectivity index (χ0) is 35.9. The summed E-state index contributed by atoms with van der Waals surface area (Å²) in [5, 5.41) is 8.99. The Balaban J connectivity index is 0.000000195. The summed E-state index contributed by atoms with van der Waals surface area (Å²) in [4.78, 5) is 51.6. The first-order valence-electron chi connectivity index (χ1n) is 15.5. The second kappa shape index (κ2) is 16.1. The molecule has 0 bridgehead atoms. The third-order valence-corrected chi connectivity index (χ3v) is 9.07. The fourth-order valence-corrected chi connectivity index (χ4v) is 6.24. The van der Waals surface area contributed by atoms with Gasteiger partial charge in [0.25, 0.3) is 11.8 Å². The number of carbonyl (C=O) groups excluding carboxylic acids is 4. The molecule has 0 radical (unpaired) electrons. The van der Waals surface area contributed by atoms with Crippen LogP contribution < -0.4 is 16.4 Å². The number of amides is 2. The van der Waals surface area contributed by atoms with Crippen LogP contribution in [0.1, 0.15) is 45.5 Å². The number of nitrogens with one attached hydrogen (secondary N) is 2. The lowest BCUT2D eigenvalue weighted by Crippen LogP contribution is -2.41. The second-order valence-electron chi connectivity index (χ2n) is 11.8. The highest BCUT2D eigenvalue weighted by molar-refractivity contribution is 6.37. The van der Waals surface area contributed by atoms with Crippen molar-refractivity contribution in [1.82, 2.24) is 10.6 Å². The number of benzene rings is 4. The van der Waals surface area contributed by atoms with Gasteiger partial charge in [0.2, 0.25) is 11.6 Å². The molecule has 4 aromatic carbocycles. The quantitative estimate of drug-likeness (QED) is 0.0832. The first-order valence-corrected chi connectivity index (χ1v) is 16.2. The smallest absolute Gasteiger partial charge is 0.288 e. The third-order valence-electron chi connectivity index (χ3n) is 8.45. The van der Waals surface area contributed by atoms with Crippen LogP contribution in [0.25, 0.3) is 10.4 Å². The molecule has 2 aliphatic carbocycles. The van der Waals surface area contributed by atoms with Gasteiger partial charge in [0.1, 0.15) is 11.6 Å². The first-order chi connectivity index (χ1) is 23.9. The van der Waals surface area contributed by atoms with Gasteiger partial charge >= 0.3 is 0 Å². The Labute approximate surface area is 295 Å². The van der Waals surface area contributed by atoms with Crippen molar-refractivity contribution < 1.29 is 28.0 Å². The molecule has 0 unspecified atom stereocenters. The molecule has 4 atom stereocenters. The van der Waals surface area contributed by atoms with Crippen LogP contribution in [0.15, 0.2) is 90.0 Å². The molecular weight excluding hydrogens is 689 g/mol. The highest BCUT2D eigenvalue weighted by Gasteiger charge is 2.34. The third kappa shape index (κ3) is 8.53. The molecule has 4 N–H and O–H groups in total. The average Bonchev–Trinajstić information content (AvgIpc) is 3.60. The fourth-order valence-electron chi connectivity index (χ4n) is 6.01. The molecule has 4 aromatic rings. The van der Waals surface area contributed by atoms with Crippen LogP contribution in [0, 0.1) is 11.6 Å². The van der Waals surface area contributed by atoms with E-state index in [1.807, 2.05) is 48.5 Å². The summed E-state index contributed by atoms with van der Waals surface area (Å²) >= 11 is 11.2. The summed E-state index contributed by atoms with van der Waals surface area (Å²) in [6, 6.07) is 21.3. The minimum Gasteiger partial charge on any atom is -0.342 e. The molecule has 0 saturated carbocycles. The van der Waals surface area contributed by atoms with Crippen LogP contribution >= 0.6 is 23.2 Å². The van der Waals surface area contributed by atoms with Gasteiger partial charge in [-0.1, -0.05) is 89.0 Å². The van der Waals surface area contributed by atoms with E-state index < -0.39 is 47.1 Å². The van der Waals surface area contributed by atoms with Crippen LogP contribution in [0.3, 0.4) is 0 Å². The van der Waals surface area contributed by atoms with Gasteiger partial charge in [-0.2, -0.15) is 0 Å². The van der Waals surface area contributed by atoms with Gasteiger partial charge in [-0.05, 0) is 76.0 Å². The molecule has 0 aromatic heterocycles. The number of fused-ring (bicyclic) bond motifs is 2. The van der Waals surface area contributed by atoms with E-state index in [1.54, 1.807) is 0 Å². The van der Waals surface area contributed by atoms with E-state index >= 15 is 0 Å². The number of carbonyl (C=O) groups is 4. The maximum Gasteiger partial charge on any atom is 0.288 e. The molecule has 256 valence electrons. The van der Waals surface area contributed by atoms with Crippen LogP contribution in [-0.2, 0) is 44.9 Å². The first kappa shape index (κ1) is 36.2. The Morgan fingerprint density at radius 1 is 0.740 bits per heavy atom. The maximum absolute atomic E-state index is 13.5. The molecule has 0 saturated heterocycles. The Kier molecular flexibility index (Phi) is 11.6. The number of nitrogens with two attached hydrogens (primary N) is 1. The van der Waals surface area contributed by atoms with Gasteiger partial charge in [-0.25, -0.2) is 8.78 Å². The van der Waals surface area contributed by atoms with E-state index in [1.165, 1.54) is 24.3 Å². The lowest BCUT2D eigenvalue weighted by Gasteiger charge is -2.18. The van der Waals surface area contributed by atoms with Gasteiger partial charge in [-0.15, -0.1) is 0 Å². The van der Waals surface area contributed by atoms with Crippen molar-refractivity contribution in [3.05, 3.63) is 150 Å². The van der Waals surface area contributed by atoms with E-state index in [2.05, 4.69) is 20.7 Å². The normalized spacial score (nSPS) is 18.4. The number of nitrogens with zero attached hydrogens (tertiary/aromatic N) is 3. The van der Waals surface area contributed by atoms with Crippen molar-refractivity contribution in [3.8, 4) is 0 Å². The fraction of sp³-hybridized carbons (Fsp3) is 0.222. The number of ketones is 2. The van der Waals surface area contributed by atoms with Gasteiger partial charge in [0, 0.05) is 23.8 Å². The van der Waals surface area contributed by atoms with Crippen LogP contribution in [0.5, 0.6) is 0 Å². The summed E-state index contributed by atoms with van der Waals surface area (Å²) in [5.41, 5.74) is 19.4. The van der Waals surface area contributed by atoms with Gasteiger partial charge in [0.15, 0.2) is 0 Å². The van der Waals surface area contributed by atoms with Crippen molar-refractivity contribution in [2.45, 2.75) is 49.9 Å². The minimum absolute atomic E-state index is 0.0239. The predicted octanol–water partition coefficient (Wildman–Crippen LogP) is 6.01. The van der Waals surface area contributed by atoms with Crippen molar-refractivity contribution in [3.63, 3.8) is 0 Å². The molecule has 10 nitrogen and oxygen atoms in total. The Bertz CT molecular complexity index is 2020. The van der Waals surface area contributed by atoms with Crippen molar-refractivity contribution in [2.24, 2.45) is 10.8 Å². The van der Waals surface area contributed by atoms with Crippen LogP contribution in [0.2, 0.25) is 10.0 Å². The van der Waals surface area contributed by atoms with E-state index in [9.17, 15) is 28.0 Å². The zero-order valence-electron chi connectivity index (χ0n) is 26.3. The van der Waals surface area contributed by atoms with Crippen molar-refractivity contribution in [1.29, 1.82) is 0 Å². The average molecular weight is 720 g/mol. The summed E-state index contributed by atoms with van der Waals surface area (Å²) in [6.07, 6.45) is 0.698. The largest absolute Gasteiger partial charge is 0.342 e. The zero-order valence-corrected chi connectivity index (χ0v) is 27.8. The van der Waals surface area contributed by atoms with Crippen LogP contribution in [-0.4, -0.2) is 35.5 Å². The standard InChI is InChI=1S/C18H14ClFN4O2.C18H16ClFN2O2/c19-13-6-5-10(7-14(13)20)8-16(25)18(26)22-17-12-4-2-1-3-11(12)9-15(17)23-24-21;19-13-6-5-10(7-14(13)20)8-16(23)18(24)22-17-12-4-2-1-3-11(12)9-15(17)21/h1-7,15,17H,8-9H2,(H,22,26);1-7,15,17H,8-9,21H2,(H,22,24)/t2*15-,17-/m11/s1. The molecule has 2 aliphatic rings. The summed E-state index contributed by atoms with van der Waals surface area (Å²) in [7, 11) is 0. The Hall–Kier alpha value is -5.13. The molecule has 50 heavy (non-hydrogen) atoms. The molecule has 6 rings (SSSR count). The highest BCUT2D eigenvalue weighted by atomic mass is 35.5. The molecule has 14 heteroatoms. The molecule has 2 amide bonds. The number of Topliss-reactive ketones (excluding diaryl/α,β-unsaturated/α-hetero) is 2. The highest BCUT2D eigenvalue weighted by Crippen LogP contribution is 2.34. The van der Waals surface area contributed by atoms with Crippen LogP contribution in [0.4, 0.5) is 8.78 Å². The number of halogens is 4. The van der Waals surface area contributed by atoms with E-state index in [-0.39, 0.29) is 35.0 Å². The van der Waals surface area contributed by atoms with Crippen molar-refractivity contribution >= 4 is 46.6 Å². The van der Waals surface area contributed by atoms with E-state index in [0.29, 0.717) is 24.0 Å². The monoisotopic (exact) mass is 718 g/mol. The lowest BCUT2D eigenvalue weighted by atomic mass is 10.1. The minimum atomic E-state index is -0.805. The van der Waals surface area contributed by atoms with E-state index in [0.717, 1.165) is 34.4 Å². The second-order valence-corrected chi connectivity index (χ2v) is 12.7. The predicted molar refractivity (Wildman–Crippen MR) is 183 cm³/mol. The van der Waals surface area contributed by atoms with Gasteiger partial charge in [0.05, 0.1) is 28.2 Å². The summed E-state index contributed by atoms with van der Waals surface area (Å²) < 4.78 is 26.9. The lowest BCUT2D eigenvalue weighted by molar-refractivity contribution is -0.138. The maximum atomic E-state index is 13.5. The van der Waals surface area contributed by atoms with E-state index in [4.69, 9.17) is 34.5 Å². The summed E-state index contributed by atoms with van der Waals surface area (Å²) in [6.45, 7) is 0. The SMILES string of the molecule is N[C@@H]1Cc2ccccc2[C@H]1NC(=O)C(=O)Cc1ccc(Cl)c(F)c1.[N-]=[N+]=N[C@@H]1Cc2ccccc2[C@H]1NC(=O)C(=O)Cc1ccc(Cl)c(F)c1. The Morgan fingerprint density at radius 2 is 1.20 bits per heavy atom. The number of hydrogen-bond donors (Lipinski definition) is 3. The van der Waals surface area contributed by atoms with Gasteiger partial charge < -0.3 is 16.4 Å². The molecule has 0 heterocycles. The topological polar surface area (TPSA) is 167 Å². The van der Waals surface area contributed by atoms with Gasteiger partial charge in [-0.3, -0.25) is 19.2 Å². The molecule has 0 fully saturated rings. The molecule has 0 aliphatic heterocycles. The summed E-state index contributed by atoms with van der Waals surface area (Å²) in [5.74, 6) is -4.15. The molecule has 0 spiro atoms. The van der Waals surface area contributed by atoms with Crippen molar-refractivity contribution in [2.75, 3.05) is 0 Å². The Morgan fingerprint density at radius 3 is 1.70 bits per heavy atom. The number of hydrogen-bond acceptors (Lipinski definition) is 6. The number of rotatable bonds is 9.